The Labute approximate surface area is 845 Å². The maximum atomic E-state index is 2.60. The minimum absolute atomic E-state index is 1.03. The summed E-state index contributed by atoms with van der Waals surface area (Å²) in [5.41, 5.74) is 29.6. The molecule has 0 atom stereocenters. The molecule has 12 heteroatoms. The van der Waals surface area contributed by atoms with E-state index in [-0.39, 0.29) is 0 Å². The Balaban J connectivity index is 0.964. The third-order valence-electron chi connectivity index (χ3n) is 27.6. The predicted molar refractivity (Wildman–Crippen MR) is 616 cm³/mol. The van der Waals surface area contributed by atoms with Crippen LogP contribution in [0, 0.1) is 13.8 Å². The van der Waals surface area contributed by atoms with Crippen LogP contribution in [0.2, 0.25) is 0 Å². The molecule has 0 aliphatic carbocycles. The highest BCUT2D eigenvalue weighted by atomic mass is 15.2. The van der Waals surface area contributed by atoms with E-state index in [9.17, 15) is 0 Å². The van der Waals surface area contributed by atoms with E-state index < -0.39 is 0 Å². The van der Waals surface area contributed by atoms with Gasteiger partial charge in [-0.1, -0.05) is 196 Å². The van der Waals surface area contributed by atoms with E-state index in [1.165, 1.54) is 148 Å². The van der Waals surface area contributed by atoms with Crippen LogP contribution in [0.25, 0.3) is 0 Å². The van der Waals surface area contributed by atoms with Crippen LogP contribution in [0.15, 0.2) is 315 Å². The van der Waals surface area contributed by atoms with Gasteiger partial charge in [-0.2, -0.15) is 0 Å². The van der Waals surface area contributed by atoms with Crippen molar-refractivity contribution in [3.05, 3.63) is 327 Å². The second kappa shape index (κ2) is 55.5. The summed E-state index contributed by atoms with van der Waals surface area (Å²) in [6.07, 6.45) is 28.0. The molecule has 0 saturated heterocycles. The first kappa shape index (κ1) is 105. The first-order chi connectivity index (χ1) is 68.8. The summed E-state index contributed by atoms with van der Waals surface area (Å²) >= 11 is 0. The number of nitrogens with zero attached hydrogens (tertiary/aromatic N) is 12. The SMILES string of the molecule is CCCCN(CCCC)c1ccc(N(c2ccc(C)cc2)c2ccc(N(c3ccc(N(c4ccc(C)cc4)c4ccc(N(CCCC)CCCC)cc4)cc3)c3ccc(N(c4ccc(N(c5ccc(N(CCCC)CCCC)cc5)c5ccc(N(CCCC)CCCC)cc5)cc4)c4ccc(N(c5ccc(N(CCCC)CCCC)cc5)c5ccc(N(CCCC)CCCC)cc5)cc4)cc3)cc2)cc1. The number of hydrogen-bond donors (Lipinski definition) is 0. The van der Waals surface area contributed by atoms with Gasteiger partial charge in [-0.15, -0.1) is 0 Å². The molecule has 0 heterocycles. The fourth-order valence-electron chi connectivity index (χ4n) is 19.1. The van der Waals surface area contributed by atoms with Gasteiger partial charge < -0.3 is 58.8 Å². The van der Waals surface area contributed by atoms with Gasteiger partial charge in [0, 0.05) is 215 Å². The van der Waals surface area contributed by atoms with Crippen LogP contribution in [0.4, 0.5) is 136 Å². The van der Waals surface area contributed by atoms with E-state index in [1.54, 1.807) is 0 Å². The highest BCUT2D eigenvalue weighted by Gasteiger charge is 2.26. The van der Waals surface area contributed by atoms with Crippen molar-refractivity contribution in [2.24, 2.45) is 0 Å². The minimum Gasteiger partial charge on any atom is -0.372 e. The van der Waals surface area contributed by atoms with E-state index in [4.69, 9.17) is 0 Å². The van der Waals surface area contributed by atoms with Gasteiger partial charge in [0.15, 0.2) is 0 Å². The quantitative estimate of drug-likeness (QED) is 0.0365. The number of unbranched alkanes of at least 4 members (excludes halogenated alkanes) is 12. The lowest BCUT2D eigenvalue weighted by molar-refractivity contribution is 0.678. The normalized spacial score (nSPS) is 11.2. The van der Waals surface area contributed by atoms with E-state index >= 15 is 0 Å². The molecule has 0 aliphatic heterocycles. The number of hydrogen-bond acceptors (Lipinski definition) is 12. The molecule has 738 valence electrons. The molecule has 0 unspecified atom stereocenters. The molecule has 0 bridgehead atoms. The van der Waals surface area contributed by atoms with Crippen LogP contribution >= 0.6 is 0 Å². The van der Waals surface area contributed by atoms with Gasteiger partial charge in [0.2, 0.25) is 0 Å². The Kier molecular flexibility index (Phi) is 41.5. The zero-order valence-corrected chi connectivity index (χ0v) is 87.8. The summed E-state index contributed by atoms with van der Waals surface area (Å²) in [5, 5.41) is 0. The molecule has 0 aromatic heterocycles. The molecule has 13 aromatic carbocycles. The average Bonchev–Trinajstić information content (AvgIpc) is 0.766. The van der Waals surface area contributed by atoms with Crippen LogP contribution in [-0.4, -0.2) is 78.5 Å². The number of anilines is 24. The molecule has 0 radical (unpaired) electrons. The van der Waals surface area contributed by atoms with Crippen molar-refractivity contribution in [1.82, 2.24) is 0 Å². The molecule has 0 N–H and O–H groups in total. The zero-order valence-electron chi connectivity index (χ0n) is 87.8. The molecule has 140 heavy (non-hydrogen) atoms. The lowest BCUT2D eigenvalue weighted by Crippen LogP contribution is -2.25. The molecular formula is C128H166N12. The van der Waals surface area contributed by atoms with Crippen LogP contribution in [0.1, 0.15) is 248 Å². The third kappa shape index (κ3) is 28.4. The van der Waals surface area contributed by atoms with Crippen LogP contribution in [0.3, 0.4) is 0 Å². The van der Waals surface area contributed by atoms with Gasteiger partial charge in [0.1, 0.15) is 0 Å². The van der Waals surface area contributed by atoms with Crippen molar-refractivity contribution in [3.8, 4) is 0 Å². The van der Waals surface area contributed by atoms with Crippen LogP contribution in [0.5, 0.6) is 0 Å². The first-order valence-electron chi connectivity index (χ1n) is 54.3. The van der Waals surface area contributed by atoms with Gasteiger partial charge in [0.05, 0.1) is 0 Å². The smallest absolute Gasteiger partial charge is 0.0463 e. The van der Waals surface area contributed by atoms with E-state index in [0.29, 0.717) is 0 Å². The molecular weight excluding hydrogens is 1710 g/mol. The first-order valence-corrected chi connectivity index (χ1v) is 54.3. The number of benzene rings is 13. The molecule has 0 saturated carbocycles. The molecule has 0 spiro atoms. The predicted octanol–water partition coefficient (Wildman–Crippen LogP) is 37.6. The minimum atomic E-state index is 1.03. The van der Waals surface area contributed by atoms with E-state index in [1.807, 2.05) is 0 Å². The summed E-state index contributed by atoms with van der Waals surface area (Å²) in [6, 6.07) is 121. The molecule has 13 rings (SSSR count). The van der Waals surface area contributed by atoms with Gasteiger partial charge in [-0.3, -0.25) is 0 Å². The summed E-state index contributed by atoms with van der Waals surface area (Å²) in [4.78, 5) is 30.2. The molecule has 0 aliphatic rings. The lowest BCUT2D eigenvalue weighted by Gasteiger charge is -2.31. The second-order valence-electron chi connectivity index (χ2n) is 38.5. The van der Waals surface area contributed by atoms with Crippen molar-refractivity contribution >= 4 is 136 Å². The summed E-state index contributed by atoms with van der Waals surface area (Å²) in [5.74, 6) is 0. The zero-order chi connectivity index (χ0) is 98.2. The maximum Gasteiger partial charge on any atom is 0.0463 e. The summed E-state index contributed by atoms with van der Waals surface area (Å²) < 4.78 is 0. The molecule has 0 fully saturated rings. The molecule has 13 aromatic rings. The van der Waals surface area contributed by atoms with Crippen LogP contribution in [-0.2, 0) is 0 Å². The summed E-state index contributed by atoms with van der Waals surface area (Å²) in [6.45, 7) is 44.6. The van der Waals surface area contributed by atoms with E-state index in [0.717, 1.165) is 232 Å². The Morgan fingerprint density at radius 3 is 0.257 bits per heavy atom. The van der Waals surface area contributed by atoms with Crippen molar-refractivity contribution in [2.45, 2.75) is 251 Å². The average molecular weight is 1870 g/mol. The number of aryl methyl sites for hydroxylation is 2. The van der Waals surface area contributed by atoms with Gasteiger partial charge >= 0.3 is 0 Å². The topological polar surface area (TPSA) is 38.9 Å². The lowest BCUT2D eigenvalue weighted by atomic mass is 10.1. The number of rotatable bonds is 60. The van der Waals surface area contributed by atoms with Gasteiger partial charge in [-0.25, -0.2) is 0 Å². The Morgan fingerprint density at radius 2 is 0.179 bits per heavy atom. The van der Waals surface area contributed by atoms with Crippen molar-refractivity contribution in [1.29, 1.82) is 0 Å². The van der Waals surface area contributed by atoms with Crippen molar-refractivity contribution in [2.75, 3.05) is 137 Å². The molecule has 12 nitrogen and oxygen atoms in total. The van der Waals surface area contributed by atoms with Gasteiger partial charge in [-0.05, 0) is 382 Å². The standard InChI is InChI=1S/C128H166N12/c1-15-27-91-129(92-28-16-2)105-47-59-113(60-48-105)135(111-43-39-103(13)40-44-111)119-71-75-123(76-72-119)139(124-77-73-120(74-78-124)136(112-45-41-104(14)42-46-112)114-61-49-106(50-62-114)130(93-29-17-3)94-30-18-4)127-87-89-128(90-88-127)140(125-83-79-121(80-84-125)137(115-63-51-107(52-64-115)131(95-31-19-5)96-32-20-6)116-65-53-108(54-66-116)132(97-33-21-7)98-34-22-8)126-85-81-122(82-86-126)138(117-67-55-109(56-68-117)133(99-35-23-9)100-36-24-10)118-69-57-110(58-70-118)134(101-37-25-11)102-38-26-12/h39-90H,15-38,91-102H2,1-14H3. The highest BCUT2D eigenvalue weighted by Crippen LogP contribution is 2.48. The van der Waals surface area contributed by atoms with Crippen molar-refractivity contribution < 1.29 is 0 Å². The monoisotopic (exact) mass is 1870 g/mol. The fourth-order valence-corrected chi connectivity index (χ4v) is 19.1. The second-order valence-corrected chi connectivity index (χ2v) is 38.5. The Hall–Kier alpha value is -12.5. The van der Waals surface area contributed by atoms with E-state index in [2.05, 4.69) is 471 Å². The maximum absolute atomic E-state index is 2.60. The Morgan fingerprint density at radius 1 is 0.107 bits per heavy atom. The third-order valence-corrected chi connectivity index (χ3v) is 27.6. The molecule has 0 amide bonds. The summed E-state index contributed by atoms with van der Waals surface area (Å²) in [7, 11) is 0. The fraction of sp³-hybridized carbons (Fsp3) is 0.391. The largest absolute Gasteiger partial charge is 0.372 e. The highest BCUT2D eigenvalue weighted by molar-refractivity contribution is 5.89. The Bertz CT molecular complexity index is 5130. The van der Waals surface area contributed by atoms with Crippen molar-refractivity contribution in [3.63, 3.8) is 0 Å². The van der Waals surface area contributed by atoms with Crippen LogP contribution < -0.4 is 58.8 Å². The van der Waals surface area contributed by atoms with Gasteiger partial charge in [0.25, 0.3) is 0 Å².